The monoisotopic (exact) mass is 133 g/mol. The summed E-state index contributed by atoms with van der Waals surface area (Å²) in [5.74, 6) is 0.676. The van der Waals surface area contributed by atoms with Crippen LogP contribution in [0, 0.1) is 0 Å². The average Bonchev–Trinajstić information content (AvgIpc) is 2.34. The zero-order chi connectivity index (χ0) is 6.97. The van der Waals surface area contributed by atoms with E-state index >= 15 is 0 Å². The van der Waals surface area contributed by atoms with E-state index < -0.39 is 0 Å². The molecule has 0 atom stereocenters. The molecule has 2 rings (SSSR count). The van der Waals surface area contributed by atoms with Gasteiger partial charge in [0.1, 0.15) is 5.84 Å². The van der Waals surface area contributed by atoms with Crippen LogP contribution in [0.4, 0.5) is 0 Å². The molecule has 50 valence electrons. The molecule has 1 aromatic rings. The van der Waals surface area contributed by atoms with Crippen molar-refractivity contribution in [2.24, 2.45) is 10.7 Å². The highest BCUT2D eigenvalue weighted by molar-refractivity contribution is 6.00. The highest BCUT2D eigenvalue weighted by Gasteiger charge is 2.09. The molecule has 10 heavy (non-hydrogen) atoms. The van der Waals surface area contributed by atoms with E-state index in [0.717, 1.165) is 12.1 Å². The maximum Gasteiger partial charge on any atom is 1.00 e. The van der Waals surface area contributed by atoms with Gasteiger partial charge in [0.15, 0.2) is 0 Å². The molecule has 1 aliphatic rings. The van der Waals surface area contributed by atoms with Gasteiger partial charge < -0.3 is 5.73 Å². The summed E-state index contributed by atoms with van der Waals surface area (Å²) in [7, 11) is 0. The van der Waals surface area contributed by atoms with Crippen molar-refractivity contribution in [3.05, 3.63) is 35.4 Å². The molecule has 0 amide bonds. The highest BCUT2D eigenvalue weighted by Crippen LogP contribution is 2.15. The van der Waals surface area contributed by atoms with Crippen molar-refractivity contribution in [2.75, 3.05) is 0 Å². The third-order valence-electron chi connectivity index (χ3n) is 1.71. The molecule has 0 fully saturated rings. The zero-order valence-corrected chi connectivity index (χ0v) is 5.54. The van der Waals surface area contributed by atoms with E-state index in [-0.39, 0.29) is 1.43 Å². The fourth-order valence-corrected chi connectivity index (χ4v) is 1.16. The fourth-order valence-electron chi connectivity index (χ4n) is 1.16. The van der Waals surface area contributed by atoms with E-state index in [9.17, 15) is 0 Å². The van der Waals surface area contributed by atoms with E-state index in [4.69, 9.17) is 5.73 Å². The van der Waals surface area contributed by atoms with Crippen LogP contribution in [0.3, 0.4) is 0 Å². The molecule has 0 unspecified atom stereocenters. The van der Waals surface area contributed by atoms with Crippen LogP contribution in [0.1, 0.15) is 12.6 Å². The van der Waals surface area contributed by atoms with Gasteiger partial charge in [-0.15, -0.1) is 0 Å². The predicted molar refractivity (Wildman–Crippen MR) is 42.0 cm³/mol. The quantitative estimate of drug-likeness (QED) is 0.563. The SMILES string of the molecule is NC1=NCc2ccccc21.[H+]. The summed E-state index contributed by atoms with van der Waals surface area (Å²) < 4.78 is 0. The number of nitrogens with two attached hydrogens (primary N) is 1. The van der Waals surface area contributed by atoms with Crippen LogP contribution in [0.2, 0.25) is 0 Å². The molecule has 1 heterocycles. The lowest BCUT2D eigenvalue weighted by Crippen LogP contribution is -2.09. The lowest BCUT2D eigenvalue weighted by Gasteiger charge is -1.94. The van der Waals surface area contributed by atoms with Crippen LogP contribution in [0.15, 0.2) is 29.3 Å². The maximum absolute atomic E-state index is 5.60. The number of aliphatic imine (C=N–C) groups is 1. The second-order valence-corrected chi connectivity index (χ2v) is 2.36. The van der Waals surface area contributed by atoms with Gasteiger partial charge in [0.25, 0.3) is 0 Å². The maximum atomic E-state index is 5.60. The Morgan fingerprint density at radius 1 is 1.40 bits per heavy atom. The molecule has 0 spiro atoms. The average molecular weight is 133 g/mol. The van der Waals surface area contributed by atoms with Crippen LogP contribution in [0.5, 0.6) is 0 Å². The lowest BCUT2D eigenvalue weighted by molar-refractivity contribution is 1.11. The van der Waals surface area contributed by atoms with E-state index in [1.54, 1.807) is 0 Å². The summed E-state index contributed by atoms with van der Waals surface area (Å²) in [6.07, 6.45) is 0. The third kappa shape index (κ3) is 0.620. The molecule has 2 nitrogen and oxygen atoms in total. The minimum Gasteiger partial charge on any atom is -0.383 e. The minimum atomic E-state index is 0. The Hall–Kier alpha value is -1.31. The van der Waals surface area contributed by atoms with Crippen LogP contribution in [-0.2, 0) is 6.54 Å². The smallest absolute Gasteiger partial charge is 0.383 e. The van der Waals surface area contributed by atoms with Crippen molar-refractivity contribution < 1.29 is 1.43 Å². The first kappa shape index (κ1) is 5.47. The number of hydrogen-bond donors (Lipinski definition) is 1. The molecule has 0 saturated heterocycles. The summed E-state index contributed by atoms with van der Waals surface area (Å²) in [6.45, 7) is 0.752. The Morgan fingerprint density at radius 3 is 3.00 bits per heavy atom. The number of hydrogen-bond acceptors (Lipinski definition) is 2. The standard InChI is InChI=1S/C8H8N2/c9-8-7-4-2-1-3-6(7)5-10-8/h1-4H,5H2,(H2,9,10)/p+1. The number of nitrogens with zero attached hydrogens (tertiary/aromatic N) is 1. The molecular formula is C8H9N2+. The molecule has 0 bridgehead atoms. The van der Waals surface area contributed by atoms with Gasteiger partial charge in [0, 0.05) is 5.56 Å². The first-order chi connectivity index (χ1) is 4.88. The second-order valence-electron chi connectivity index (χ2n) is 2.36. The Labute approximate surface area is 60.9 Å². The normalized spacial score (nSPS) is 14.6. The van der Waals surface area contributed by atoms with Gasteiger partial charge in [-0.05, 0) is 5.56 Å². The molecule has 0 aliphatic carbocycles. The Kier molecular flexibility index (Phi) is 1.01. The van der Waals surface area contributed by atoms with Crippen molar-refractivity contribution in [3.8, 4) is 0 Å². The Balaban J connectivity index is 0.000000605. The lowest BCUT2D eigenvalue weighted by atomic mass is 10.1. The van der Waals surface area contributed by atoms with Crippen LogP contribution in [-0.4, -0.2) is 5.84 Å². The predicted octanol–water partition coefficient (Wildman–Crippen LogP) is 1.02. The van der Waals surface area contributed by atoms with Gasteiger partial charge in [-0.25, -0.2) is 0 Å². The van der Waals surface area contributed by atoms with E-state index in [1.807, 2.05) is 18.2 Å². The molecule has 1 aliphatic heterocycles. The van der Waals surface area contributed by atoms with Crippen LogP contribution >= 0.6 is 0 Å². The number of amidine groups is 1. The molecule has 2 N–H and O–H groups in total. The first-order valence-electron chi connectivity index (χ1n) is 3.26. The molecule has 0 radical (unpaired) electrons. The molecule has 1 aromatic carbocycles. The Morgan fingerprint density at radius 2 is 2.20 bits per heavy atom. The topological polar surface area (TPSA) is 38.4 Å². The molecule has 0 saturated carbocycles. The number of rotatable bonds is 0. The third-order valence-corrected chi connectivity index (χ3v) is 1.71. The van der Waals surface area contributed by atoms with Gasteiger partial charge in [-0.2, -0.15) is 0 Å². The summed E-state index contributed by atoms with van der Waals surface area (Å²) >= 11 is 0. The summed E-state index contributed by atoms with van der Waals surface area (Å²) in [4.78, 5) is 4.10. The fraction of sp³-hybridized carbons (Fsp3) is 0.125. The molecule has 0 aromatic heterocycles. The van der Waals surface area contributed by atoms with Crippen molar-refractivity contribution in [3.63, 3.8) is 0 Å². The number of fused-ring (bicyclic) bond motifs is 1. The van der Waals surface area contributed by atoms with Gasteiger partial charge >= 0.3 is 1.43 Å². The van der Waals surface area contributed by atoms with Crippen molar-refractivity contribution in [1.82, 2.24) is 0 Å². The van der Waals surface area contributed by atoms with Crippen LogP contribution in [0.25, 0.3) is 0 Å². The van der Waals surface area contributed by atoms with E-state index in [2.05, 4.69) is 11.1 Å². The molecular weight excluding hydrogens is 124 g/mol. The second kappa shape index (κ2) is 1.84. The minimum absolute atomic E-state index is 0. The number of benzene rings is 1. The van der Waals surface area contributed by atoms with Crippen molar-refractivity contribution in [2.45, 2.75) is 6.54 Å². The van der Waals surface area contributed by atoms with Gasteiger partial charge in [-0.3, -0.25) is 4.99 Å². The molecule has 2 heteroatoms. The van der Waals surface area contributed by atoms with Gasteiger partial charge in [0.2, 0.25) is 0 Å². The summed E-state index contributed by atoms with van der Waals surface area (Å²) in [5, 5.41) is 0. The Bertz CT molecular complexity index is 294. The summed E-state index contributed by atoms with van der Waals surface area (Å²) in [5.41, 5.74) is 7.93. The highest BCUT2D eigenvalue weighted by atomic mass is 14.9. The zero-order valence-electron chi connectivity index (χ0n) is 6.54. The van der Waals surface area contributed by atoms with E-state index in [1.165, 1.54) is 5.56 Å². The van der Waals surface area contributed by atoms with E-state index in [0.29, 0.717) is 5.84 Å². The van der Waals surface area contributed by atoms with Gasteiger partial charge in [-0.1, -0.05) is 24.3 Å². The largest absolute Gasteiger partial charge is 1.00 e. The first-order valence-corrected chi connectivity index (χ1v) is 3.26. The van der Waals surface area contributed by atoms with Crippen molar-refractivity contribution in [1.29, 1.82) is 0 Å². The van der Waals surface area contributed by atoms with Crippen LogP contribution < -0.4 is 5.73 Å². The van der Waals surface area contributed by atoms with Crippen molar-refractivity contribution >= 4 is 5.84 Å². The van der Waals surface area contributed by atoms with Gasteiger partial charge in [0.05, 0.1) is 6.54 Å². The summed E-state index contributed by atoms with van der Waals surface area (Å²) in [6, 6.07) is 8.04.